The molecule has 0 spiro atoms. The number of hydrogen-bond acceptors (Lipinski definition) is 4. The molecule has 1 N–H and O–H groups in total. The summed E-state index contributed by atoms with van der Waals surface area (Å²) in [5.74, 6) is 0. The number of thiazole rings is 1. The fourth-order valence-electron chi connectivity index (χ4n) is 1.40. The first kappa shape index (κ1) is 10.7. The standard InChI is InChI=1S/C12H11N3S/c1-8-5-11(4-3-10(8)6-13)15-12-14-7-9(2)16-12/h3-5,7H,1-2H3,(H,14,15). The van der Waals surface area contributed by atoms with E-state index < -0.39 is 0 Å². The van der Waals surface area contributed by atoms with Crippen LogP contribution in [-0.2, 0) is 0 Å². The van der Waals surface area contributed by atoms with Gasteiger partial charge >= 0.3 is 0 Å². The van der Waals surface area contributed by atoms with Crippen LogP contribution in [0.25, 0.3) is 0 Å². The molecule has 0 aliphatic heterocycles. The number of rotatable bonds is 2. The molecule has 0 saturated carbocycles. The van der Waals surface area contributed by atoms with E-state index in [1.165, 1.54) is 4.88 Å². The minimum Gasteiger partial charge on any atom is -0.332 e. The van der Waals surface area contributed by atoms with Gasteiger partial charge in [-0.3, -0.25) is 0 Å². The summed E-state index contributed by atoms with van der Waals surface area (Å²) in [7, 11) is 0. The summed E-state index contributed by atoms with van der Waals surface area (Å²) in [5, 5.41) is 12.9. The van der Waals surface area contributed by atoms with Crippen molar-refractivity contribution < 1.29 is 0 Å². The maximum atomic E-state index is 8.82. The Bertz CT molecular complexity index is 552. The molecule has 0 bridgehead atoms. The Labute approximate surface area is 98.4 Å². The summed E-state index contributed by atoms with van der Waals surface area (Å²) in [6.07, 6.45) is 1.84. The van der Waals surface area contributed by atoms with Crippen LogP contribution < -0.4 is 5.32 Å². The molecule has 2 aromatic rings. The topological polar surface area (TPSA) is 48.7 Å². The highest BCUT2D eigenvalue weighted by molar-refractivity contribution is 7.15. The van der Waals surface area contributed by atoms with Gasteiger partial charge in [-0.15, -0.1) is 11.3 Å². The molecule has 0 aliphatic carbocycles. The van der Waals surface area contributed by atoms with E-state index >= 15 is 0 Å². The Hall–Kier alpha value is -1.86. The summed E-state index contributed by atoms with van der Waals surface area (Å²) in [6.45, 7) is 3.95. The van der Waals surface area contributed by atoms with Crippen molar-refractivity contribution in [3.05, 3.63) is 40.4 Å². The van der Waals surface area contributed by atoms with Gasteiger partial charge in [-0.05, 0) is 37.6 Å². The number of nitriles is 1. The first-order valence-electron chi connectivity index (χ1n) is 4.89. The fourth-order valence-corrected chi connectivity index (χ4v) is 2.09. The maximum absolute atomic E-state index is 8.82. The third kappa shape index (κ3) is 2.20. The van der Waals surface area contributed by atoms with Crippen molar-refractivity contribution in [3.63, 3.8) is 0 Å². The lowest BCUT2D eigenvalue weighted by atomic mass is 10.1. The number of aromatic nitrogens is 1. The maximum Gasteiger partial charge on any atom is 0.187 e. The molecule has 0 amide bonds. The fraction of sp³-hybridized carbons (Fsp3) is 0.167. The van der Waals surface area contributed by atoms with Gasteiger partial charge in [-0.1, -0.05) is 0 Å². The highest BCUT2D eigenvalue weighted by Gasteiger charge is 2.01. The summed E-state index contributed by atoms with van der Waals surface area (Å²) >= 11 is 1.61. The molecule has 0 aliphatic rings. The summed E-state index contributed by atoms with van der Waals surface area (Å²) in [4.78, 5) is 5.40. The van der Waals surface area contributed by atoms with Gasteiger partial charge in [0.05, 0.1) is 11.6 Å². The normalized spacial score (nSPS) is 9.81. The Morgan fingerprint density at radius 3 is 2.75 bits per heavy atom. The van der Waals surface area contributed by atoms with E-state index in [2.05, 4.69) is 16.4 Å². The molecule has 16 heavy (non-hydrogen) atoms. The average Bonchev–Trinajstić information content (AvgIpc) is 2.64. The molecule has 0 unspecified atom stereocenters. The van der Waals surface area contributed by atoms with Gasteiger partial charge in [-0.25, -0.2) is 4.98 Å². The van der Waals surface area contributed by atoms with Crippen molar-refractivity contribution in [1.82, 2.24) is 4.98 Å². The third-order valence-electron chi connectivity index (χ3n) is 2.22. The molecule has 0 saturated heterocycles. The van der Waals surface area contributed by atoms with Crippen LogP contribution in [0.4, 0.5) is 10.8 Å². The number of benzene rings is 1. The SMILES string of the molecule is Cc1cnc(Nc2ccc(C#N)c(C)c2)s1. The molecular weight excluding hydrogens is 218 g/mol. The second-order valence-corrected chi connectivity index (χ2v) is 4.78. The van der Waals surface area contributed by atoms with E-state index in [4.69, 9.17) is 5.26 Å². The predicted molar refractivity (Wildman–Crippen MR) is 66.0 cm³/mol. The average molecular weight is 229 g/mol. The molecule has 1 aromatic heterocycles. The summed E-state index contributed by atoms with van der Waals surface area (Å²) in [5.41, 5.74) is 2.65. The van der Waals surface area contributed by atoms with Crippen molar-refractivity contribution in [3.8, 4) is 6.07 Å². The van der Waals surface area contributed by atoms with Gasteiger partial charge in [0.15, 0.2) is 5.13 Å². The van der Waals surface area contributed by atoms with Gasteiger partial charge in [-0.2, -0.15) is 5.26 Å². The number of nitrogens with zero attached hydrogens (tertiary/aromatic N) is 2. The van der Waals surface area contributed by atoms with Crippen molar-refractivity contribution >= 4 is 22.2 Å². The van der Waals surface area contributed by atoms with Crippen LogP contribution in [0.1, 0.15) is 16.0 Å². The molecule has 3 nitrogen and oxygen atoms in total. The number of anilines is 2. The van der Waals surface area contributed by atoms with Gasteiger partial charge in [0.1, 0.15) is 0 Å². The largest absolute Gasteiger partial charge is 0.332 e. The highest BCUT2D eigenvalue weighted by atomic mass is 32.1. The van der Waals surface area contributed by atoms with E-state index in [1.54, 1.807) is 11.3 Å². The quantitative estimate of drug-likeness (QED) is 0.858. The van der Waals surface area contributed by atoms with Gasteiger partial charge in [0.2, 0.25) is 0 Å². The zero-order valence-corrected chi connectivity index (χ0v) is 9.93. The Morgan fingerprint density at radius 1 is 1.38 bits per heavy atom. The second kappa shape index (κ2) is 4.33. The minimum atomic E-state index is 0.709. The molecule has 1 aromatic carbocycles. The lowest BCUT2D eigenvalue weighted by molar-refractivity contribution is 1.35. The van der Waals surface area contributed by atoms with E-state index in [1.807, 2.05) is 38.2 Å². The summed E-state index contributed by atoms with van der Waals surface area (Å²) in [6, 6.07) is 7.81. The van der Waals surface area contributed by atoms with Crippen LogP contribution in [0.5, 0.6) is 0 Å². The Kier molecular flexibility index (Phi) is 2.88. The molecule has 0 fully saturated rings. The van der Waals surface area contributed by atoms with Crippen LogP contribution in [0, 0.1) is 25.2 Å². The third-order valence-corrected chi connectivity index (χ3v) is 3.05. The molecular formula is C12H11N3S. The molecule has 2 rings (SSSR count). The van der Waals surface area contributed by atoms with Crippen molar-refractivity contribution in [1.29, 1.82) is 5.26 Å². The van der Waals surface area contributed by atoms with E-state index in [0.29, 0.717) is 5.56 Å². The lowest BCUT2D eigenvalue weighted by Gasteiger charge is -2.04. The second-order valence-electron chi connectivity index (χ2n) is 3.54. The van der Waals surface area contributed by atoms with Crippen LogP contribution in [-0.4, -0.2) is 4.98 Å². The van der Waals surface area contributed by atoms with Gasteiger partial charge in [0.25, 0.3) is 0 Å². The van der Waals surface area contributed by atoms with Crippen molar-refractivity contribution in [2.45, 2.75) is 13.8 Å². The van der Waals surface area contributed by atoms with Crippen LogP contribution in [0.3, 0.4) is 0 Å². The first-order chi connectivity index (χ1) is 7.69. The smallest absolute Gasteiger partial charge is 0.187 e. The van der Waals surface area contributed by atoms with E-state index in [-0.39, 0.29) is 0 Å². The van der Waals surface area contributed by atoms with Crippen molar-refractivity contribution in [2.75, 3.05) is 5.32 Å². The minimum absolute atomic E-state index is 0.709. The monoisotopic (exact) mass is 229 g/mol. The van der Waals surface area contributed by atoms with Crippen LogP contribution >= 0.6 is 11.3 Å². The molecule has 0 atom stereocenters. The molecule has 1 heterocycles. The number of nitrogens with one attached hydrogen (secondary N) is 1. The van der Waals surface area contributed by atoms with Gasteiger partial charge < -0.3 is 5.32 Å². The first-order valence-corrected chi connectivity index (χ1v) is 5.71. The molecule has 80 valence electrons. The summed E-state index contributed by atoms with van der Waals surface area (Å²) < 4.78 is 0. The number of hydrogen-bond donors (Lipinski definition) is 1. The zero-order chi connectivity index (χ0) is 11.5. The molecule has 0 radical (unpaired) electrons. The lowest BCUT2D eigenvalue weighted by Crippen LogP contribution is -1.91. The van der Waals surface area contributed by atoms with Crippen LogP contribution in [0.2, 0.25) is 0 Å². The van der Waals surface area contributed by atoms with Crippen molar-refractivity contribution in [2.24, 2.45) is 0 Å². The molecule has 4 heteroatoms. The zero-order valence-electron chi connectivity index (χ0n) is 9.11. The van der Waals surface area contributed by atoms with Gasteiger partial charge in [0, 0.05) is 16.8 Å². The predicted octanol–water partition coefficient (Wildman–Crippen LogP) is 3.38. The van der Waals surface area contributed by atoms with Crippen LogP contribution in [0.15, 0.2) is 24.4 Å². The highest BCUT2D eigenvalue weighted by Crippen LogP contribution is 2.23. The Morgan fingerprint density at radius 2 is 2.19 bits per heavy atom. The van der Waals surface area contributed by atoms with E-state index in [9.17, 15) is 0 Å². The van der Waals surface area contributed by atoms with E-state index in [0.717, 1.165) is 16.4 Å². The number of aryl methyl sites for hydroxylation is 2. The Balaban J connectivity index is 2.23.